The molecular formula is C20H42ClNO. The summed E-state index contributed by atoms with van der Waals surface area (Å²) in [5, 5.41) is 0. The van der Waals surface area contributed by atoms with Crippen LogP contribution in [0.3, 0.4) is 0 Å². The second kappa shape index (κ2) is 20.0. The predicted octanol–water partition coefficient (Wildman–Crippen LogP) is 6.41. The number of carbonyl (C=O) groups is 1. The van der Waals surface area contributed by atoms with Gasteiger partial charge in [-0.1, -0.05) is 84.0 Å². The van der Waals surface area contributed by atoms with E-state index in [1.807, 2.05) is 14.1 Å². The maximum Gasteiger partial charge on any atom is 0.134 e. The van der Waals surface area contributed by atoms with Crippen molar-refractivity contribution < 1.29 is 4.79 Å². The van der Waals surface area contributed by atoms with E-state index in [-0.39, 0.29) is 12.4 Å². The van der Waals surface area contributed by atoms with Crippen LogP contribution in [-0.4, -0.2) is 31.3 Å². The first-order valence-corrected chi connectivity index (χ1v) is 9.83. The topological polar surface area (TPSA) is 20.3 Å². The highest BCUT2D eigenvalue weighted by Gasteiger charge is 2.02. The molecule has 0 aliphatic heterocycles. The Morgan fingerprint density at radius 3 is 1.43 bits per heavy atom. The molecule has 0 bridgehead atoms. The number of hydrogen-bond acceptors (Lipinski definition) is 2. The van der Waals surface area contributed by atoms with Crippen molar-refractivity contribution in [2.24, 2.45) is 0 Å². The summed E-state index contributed by atoms with van der Waals surface area (Å²) in [6, 6.07) is 0. The molecule has 0 unspecified atom stereocenters. The lowest BCUT2D eigenvalue weighted by Crippen LogP contribution is -2.16. The van der Waals surface area contributed by atoms with Crippen LogP contribution in [0, 0.1) is 0 Å². The van der Waals surface area contributed by atoms with Crippen LogP contribution in [0.1, 0.15) is 103 Å². The van der Waals surface area contributed by atoms with Gasteiger partial charge in [-0.3, -0.25) is 4.79 Å². The Morgan fingerprint density at radius 2 is 1.04 bits per heavy atom. The largest absolute Gasteiger partial charge is 0.309 e. The summed E-state index contributed by atoms with van der Waals surface area (Å²) in [6.45, 7) is 3.18. The average molecular weight is 348 g/mol. The fourth-order valence-electron chi connectivity index (χ4n) is 2.81. The molecule has 0 N–H and O–H groups in total. The first kappa shape index (κ1) is 25.2. The van der Waals surface area contributed by atoms with E-state index < -0.39 is 0 Å². The zero-order valence-electron chi connectivity index (χ0n) is 16.1. The normalized spacial score (nSPS) is 10.8. The van der Waals surface area contributed by atoms with Gasteiger partial charge in [0.1, 0.15) is 5.78 Å². The number of nitrogens with zero attached hydrogens (tertiary/aromatic N) is 1. The number of ketones is 1. The number of Topliss-reactive ketones (excluding diaryl/α,β-unsaturated/α-hetero) is 1. The molecule has 0 fully saturated rings. The van der Waals surface area contributed by atoms with Gasteiger partial charge in [0.2, 0.25) is 0 Å². The van der Waals surface area contributed by atoms with Crippen LogP contribution in [-0.2, 0) is 4.79 Å². The third kappa shape index (κ3) is 21.9. The molecule has 0 saturated heterocycles. The second-order valence-electron chi connectivity index (χ2n) is 7.08. The Bertz CT molecular complexity index is 244. The van der Waals surface area contributed by atoms with Gasteiger partial charge in [0.25, 0.3) is 0 Å². The molecule has 0 aromatic carbocycles. The van der Waals surface area contributed by atoms with Crippen molar-refractivity contribution in [2.75, 3.05) is 20.6 Å². The van der Waals surface area contributed by atoms with Crippen LogP contribution in [0.5, 0.6) is 0 Å². The van der Waals surface area contributed by atoms with Crippen LogP contribution in [0.15, 0.2) is 0 Å². The van der Waals surface area contributed by atoms with E-state index in [1.54, 1.807) is 0 Å². The molecule has 0 rings (SSSR count). The smallest absolute Gasteiger partial charge is 0.134 e. The standard InChI is InChI=1S/C20H41NO.ClH/c1-4-5-6-7-8-9-10-11-12-13-14-15-16-17-20(22)18-19-21(2)3;/h4-19H2,1-3H3;1H. The molecule has 0 saturated carbocycles. The highest BCUT2D eigenvalue weighted by Crippen LogP contribution is 2.13. The van der Waals surface area contributed by atoms with Gasteiger partial charge in [0, 0.05) is 19.4 Å². The lowest BCUT2D eigenvalue weighted by molar-refractivity contribution is -0.119. The number of unbranched alkanes of at least 4 members (excludes halogenated alkanes) is 12. The summed E-state index contributed by atoms with van der Waals surface area (Å²) < 4.78 is 0. The number of rotatable bonds is 17. The van der Waals surface area contributed by atoms with Crippen molar-refractivity contribution in [3.8, 4) is 0 Å². The summed E-state index contributed by atoms with van der Waals surface area (Å²) in [5.74, 6) is 0.441. The van der Waals surface area contributed by atoms with Gasteiger partial charge < -0.3 is 4.90 Å². The number of hydrogen-bond donors (Lipinski definition) is 0. The Balaban J connectivity index is 0. The molecular weight excluding hydrogens is 306 g/mol. The van der Waals surface area contributed by atoms with Gasteiger partial charge in [0.15, 0.2) is 0 Å². The van der Waals surface area contributed by atoms with Gasteiger partial charge in [-0.05, 0) is 20.5 Å². The third-order valence-corrected chi connectivity index (χ3v) is 4.40. The van der Waals surface area contributed by atoms with E-state index in [0.717, 1.165) is 25.8 Å². The van der Waals surface area contributed by atoms with E-state index in [2.05, 4.69) is 11.8 Å². The molecule has 0 heterocycles. The molecule has 3 heteroatoms. The third-order valence-electron chi connectivity index (χ3n) is 4.40. The lowest BCUT2D eigenvalue weighted by atomic mass is 10.0. The van der Waals surface area contributed by atoms with Crippen LogP contribution in [0.25, 0.3) is 0 Å². The van der Waals surface area contributed by atoms with Crippen LogP contribution in [0.2, 0.25) is 0 Å². The monoisotopic (exact) mass is 347 g/mol. The fourth-order valence-corrected chi connectivity index (χ4v) is 2.81. The number of halogens is 1. The molecule has 0 aromatic rings. The fraction of sp³-hybridized carbons (Fsp3) is 0.950. The quantitative estimate of drug-likeness (QED) is 0.283. The molecule has 0 radical (unpaired) electrons. The summed E-state index contributed by atoms with van der Waals surface area (Å²) in [5.41, 5.74) is 0. The summed E-state index contributed by atoms with van der Waals surface area (Å²) >= 11 is 0. The molecule has 0 amide bonds. The summed E-state index contributed by atoms with van der Waals surface area (Å²) in [6.07, 6.45) is 19.3. The zero-order valence-corrected chi connectivity index (χ0v) is 16.9. The molecule has 23 heavy (non-hydrogen) atoms. The van der Waals surface area contributed by atoms with Crippen LogP contribution < -0.4 is 0 Å². The maximum absolute atomic E-state index is 11.6. The van der Waals surface area contributed by atoms with Crippen molar-refractivity contribution in [3.63, 3.8) is 0 Å². The summed E-state index contributed by atoms with van der Waals surface area (Å²) in [7, 11) is 4.05. The van der Waals surface area contributed by atoms with Crippen LogP contribution >= 0.6 is 12.4 Å². The van der Waals surface area contributed by atoms with E-state index in [4.69, 9.17) is 0 Å². The van der Waals surface area contributed by atoms with Gasteiger partial charge in [0.05, 0.1) is 0 Å². The van der Waals surface area contributed by atoms with E-state index in [0.29, 0.717) is 5.78 Å². The Kier molecular flexibility index (Phi) is 21.8. The minimum absolute atomic E-state index is 0. The molecule has 140 valence electrons. The minimum atomic E-state index is 0. The van der Waals surface area contributed by atoms with Gasteiger partial charge in [-0.25, -0.2) is 0 Å². The number of carbonyl (C=O) groups excluding carboxylic acids is 1. The van der Waals surface area contributed by atoms with Crippen molar-refractivity contribution in [2.45, 2.75) is 103 Å². The van der Waals surface area contributed by atoms with Crippen molar-refractivity contribution in [1.29, 1.82) is 0 Å². The van der Waals surface area contributed by atoms with Gasteiger partial charge in [-0.15, -0.1) is 12.4 Å². The Morgan fingerprint density at radius 1 is 0.652 bits per heavy atom. The Hall–Kier alpha value is -0.0800. The van der Waals surface area contributed by atoms with Crippen molar-refractivity contribution in [3.05, 3.63) is 0 Å². The van der Waals surface area contributed by atoms with Crippen molar-refractivity contribution >= 4 is 18.2 Å². The van der Waals surface area contributed by atoms with E-state index >= 15 is 0 Å². The van der Waals surface area contributed by atoms with Gasteiger partial charge in [-0.2, -0.15) is 0 Å². The highest BCUT2D eigenvalue weighted by molar-refractivity contribution is 5.85. The van der Waals surface area contributed by atoms with E-state index in [9.17, 15) is 4.79 Å². The van der Waals surface area contributed by atoms with Crippen LogP contribution in [0.4, 0.5) is 0 Å². The molecule has 2 nitrogen and oxygen atoms in total. The Labute approximate surface area is 152 Å². The SMILES string of the molecule is CCCCCCCCCCCCCCCC(=O)CCN(C)C.Cl. The zero-order chi connectivity index (χ0) is 16.5. The lowest BCUT2D eigenvalue weighted by Gasteiger charge is -2.08. The molecule has 0 spiro atoms. The maximum atomic E-state index is 11.6. The van der Waals surface area contributed by atoms with Crippen molar-refractivity contribution in [1.82, 2.24) is 4.90 Å². The minimum Gasteiger partial charge on any atom is -0.309 e. The first-order chi connectivity index (χ1) is 10.7. The molecule has 0 aliphatic rings. The second-order valence-corrected chi connectivity index (χ2v) is 7.08. The average Bonchev–Trinajstić information content (AvgIpc) is 2.49. The van der Waals surface area contributed by atoms with E-state index in [1.165, 1.54) is 77.0 Å². The molecule has 0 aromatic heterocycles. The predicted molar refractivity (Wildman–Crippen MR) is 106 cm³/mol. The summed E-state index contributed by atoms with van der Waals surface area (Å²) in [4.78, 5) is 13.7. The molecule has 0 aliphatic carbocycles. The highest BCUT2D eigenvalue weighted by atomic mass is 35.5. The molecule has 0 atom stereocenters. The first-order valence-electron chi connectivity index (χ1n) is 9.83. The van der Waals surface area contributed by atoms with Gasteiger partial charge >= 0.3 is 0 Å².